The van der Waals surface area contributed by atoms with Crippen molar-refractivity contribution in [2.24, 2.45) is 5.92 Å². The van der Waals surface area contributed by atoms with E-state index in [9.17, 15) is 0 Å². The van der Waals surface area contributed by atoms with E-state index in [1.165, 1.54) is 31.4 Å². The minimum Gasteiger partial charge on any atom is -0.354 e. The van der Waals surface area contributed by atoms with Crippen molar-refractivity contribution in [3.8, 4) is 0 Å². The van der Waals surface area contributed by atoms with E-state index >= 15 is 0 Å². The van der Waals surface area contributed by atoms with E-state index in [0.717, 1.165) is 31.4 Å². The Morgan fingerprint density at radius 3 is 2.88 bits per heavy atom. The molecule has 1 aliphatic rings. The molecule has 0 bridgehead atoms. The molecule has 2 rings (SSSR count). The van der Waals surface area contributed by atoms with Crippen LogP contribution in [0.3, 0.4) is 0 Å². The Bertz CT molecular complexity index is 317. The van der Waals surface area contributed by atoms with Crippen LogP contribution in [-0.4, -0.2) is 29.6 Å². The summed E-state index contributed by atoms with van der Waals surface area (Å²) in [7, 11) is 0. The van der Waals surface area contributed by atoms with Crippen LogP contribution in [0.25, 0.3) is 0 Å². The second kappa shape index (κ2) is 6.55. The second-order valence-corrected chi connectivity index (χ2v) is 4.70. The number of rotatable bonds is 5. The van der Waals surface area contributed by atoms with Gasteiger partial charge in [0.15, 0.2) is 0 Å². The van der Waals surface area contributed by atoms with Crippen LogP contribution in [0.5, 0.6) is 0 Å². The summed E-state index contributed by atoms with van der Waals surface area (Å²) in [5.41, 5.74) is 1.19. The van der Waals surface area contributed by atoms with Crippen LogP contribution in [0.2, 0.25) is 0 Å². The Morgan fingerprint density at radius 2 is 2.24 bits per heavy atom. The molecule has 0 amide bonds. The number of piperidine rings is 1. The Kier molecular flexibility index (Phi) is 4.74. The van der Waals surface area contributed by atoms with Gasteiger partial charge in [-0.1, -0.05) is 6.92 Å². The molecule has 1 atom stereocenters. The molecule has 1 unspecified atom stereocenters. The Hall–Kier alpha value is -1.16. The van der Waals surface area contributed by atoms with Crippen LogP contribution in [0, 0.1) is 5.92 Å². The van der Waals surface area contributed by atoms with Gasteiger partial charge in [-0.2, -0.15) is 0 Å². The van der Waals surface area contributed by atoms with Gasteiger partial charge >= 0.3 is 0 Å². The molecule has 1 fully saturated rings. The van der Waals surface area contributed by atoms with Crippen LogP contribution < -0.4 is 10.6 Å². The van der Waals surface area contributed by atoms with Gasteiger partial charge in [-0.3, -0.25) is 0 Å². The summed E-state index contributed by atoms with van der Waals surface area (Å²) in [5.74, 6) is 1.57. The highest BCUT2D eigenvalue weighted by Crippen LogP contribution is 2.13. The number of hydrogen-bond acceptors (Lipinski definition) is 4. The molecule has 2 N–H and O–H groups in total. The van der Waals surface area contributed by atoms with Crippen LogP contribution in [0.15, 0.2) is 12.4 Å². The van der Waals surface area contributed by atoms with E-state index < -0.39 is 0 Å². The number of aryl methyl sites for hydroxylation is 1. The summed E-state index contributed by atoms with van der Waals surface area (Å²) in [6, 6.07) is 0. The standard InChI is InChI=1S/C13H22N4/c1-2-11-9-16-13(17-10-11)15-7-5-12-4-3-6-14-8-12/h9-10,12,14H,2-8H2,1H3,(H,15,16,17). The molecule has 4 heteroatoms. The van der Waals surface area contributed by atoms with Gasteiger partial charge in [0.1, 0.15) is 0 Å². The van der Waals surface area contributed by atoms with Gasteiger partial charge in [0, 0.05) is 18.9 Å². The third-order valence-electron chi connectivity index (χ3n) is 3.35. The molecule has 0 saturated carbocycles. The Morgan fingerprint density at radius 1 is 1.41 bits per heavy atom. The maximum absolute atomic E-state index is 4.29. The molecule has 2 heterocycles. The average Bonchev–Trinajstić information content (AvgIpc) is 2.41. The van der Waals surface area contributed by atoms with E-state index in [2.05, 4.69) is 27.5 Å². The molecule has 1 aliphatic heterocycles. The first-order valence-electron chi connectivity index (χ1n) is 6.64. The summed E-state index contributed by atoms with van der Waals surface area (Å²) in [6.45, 7) is 5.43. The zero-order valence-electron chi connectivity index (χ0n) is 10.6. The van der Waals surface area contributed by atoms with Crippen LogP contribution in [-0.2, 0) is 6.42 Å². The lowest BCUT2D eigenvalue weighted by Crippen LogP contribution is -2.30. The lowest BCUT2D eigenvalue weighted by Gasteiger charge is -2.22. The SMILES string of the molecule is CCc1cnc(NCCC2CCCNC2)nc1. The van der Waals surface area contributed by atoms with E-state index in [-0.39, 0.29) is 0 Å². The number of aromatic nitrogens is 2. The maximum atomic E-state index is 4.29. The van der Waals surface area contributed by atoms with Gasteiger partial charge in [-0.25, -0.2) is 9.97 Å². The normalized spacial score (nSPS) is 20.2. The topological polar surface area (TPSA) is 49.8 Å². The molecule has 0 aromatic carbocycles. The Balaban J connectivity index is 1.69. The Labute approximate surface area is 103 Å². The third-order valence-corrected chi connectivity index (χ3v) is 3.35. The molecule has 0 aliphatic carbocycles. The highest BCUT2D eigenvalue weighted by molar-refractivity contribution is 5.24. The molecule has 0 radical (unpaired) electrons. The highest BCUT2D eigenvalue weighted by Gasteiger charge is 2.12. The summed E-state index contributed by atoms with van der Waals surface area (Å²) >= 11 is 0. The van der Waals surface area contributed by atoms with E-state index in [1.54, 1.807) is 0 Å². The third kappa shape index (κ3) is 3.97. The molecule has 17 heavy (non-hydrogen) atoms. The predicted molar refractivity (Wildman–Crippen MR) is 70.1 cm³/mol. The van der Waals surface area contributed by atoms with Crippen molar-refractivity contribution in [2.45, 2.75) is 32.6 Å². The van der Waals surface area contributed by atoms with Gasteiger partial charge in [-0.15, -0.1) is 0 Å². The van der Waals surface area contributed by atoms with Crippen molar-refractivity contribution in [1.82, 2.24) is 15.3 Å². The predicted octanol–water partition coefficient (Wildman–Crippen LogP) is 1.84. The summed E-state index contributed by atoms with van der Waals surface area (Å²) < 4.78 is 0. The number of anilines is 1. The van der Waals surface area contributed by atoms with Gasteiger partial charge in [0.05, 0.1) is 0 Å². The number of nitrogens with zero attached hydrogens (tertiary/aromatic N) is 2. The minimum absolute atomic E-state index is 0.756. The first-order valence-corrected chi connectivity index (χ1v) is 6.64. The largest absolute Gasteiger partial charge is 0.354 e. The minimum atomic E-state index is 0.756. The lowest BCUT2D eigenvalue weighted by atomic mass is 9.96. The fourth-order valence-corrected chi connectivity index (χ4v) is 2.19. The molecular formula is C13H22N4. The van der Waals surface area contributed by atoms with Crippen LogP contribution in [0.4, 0.5) is 5.95 Å². The number of hydrogen-bond donors (Lipinski definition) is 2. The van der Waals surface area contributed by atoms with Crippen molar-refractivity contribution in [1.29, 1.82) is 0 Å². The first-order chi connectivity index (χ1) is 8.38. The molecule has 1 aromatic heterocycles. The van der Waals surface area contributed by atoms with Gasteiger partial charge in [0.2, 0.25) is 5.95 Å². The van der Waals surface area contributed by atoms with Gasteiger partial charge in [0.25, 0.3) is 0 Å². The molecule has 0 spiro atoms. The monoisotopic (exact) mass is 234 g/mol. The molecule has 1 aromatic rings. The van der Waals surface area contributed by atoms with E-state index in [1.807, 2.05) is 12.4 Å². The molecule has 94 valence electrons. The highest BCUT2D eigenvalue weighted by atomic mass is 15.1. The first kappa shape index (κ1) is 12.3. The molecule has 1 saturated heterocycles. The van der Waals surface area contributed by atoms with Crippen molar-refractivity contribution in [3.63, 3.8) is 0 Å². The fourth-order valence-electron chi connectivity index (χ4n) is 2.19. The zero-order chi connectivity index (χ0) is 11.9. The van der Waals surface area contributed by atoms with Gasteiger partial charge in [-0.05, 0) is 50.3 Å². The summed E-state index contributed by atoms with van der Waals surface area (Å²) in [6.07, 6.45) is 8.66. The summed E-state index contributed by atoms with van der Waals surface area (Å²) in [4.78, 5) is 8.59. The van der Waals surface area contributed by atoms with Crippen molar-refractivity contribution >= 4 is 5.95 Å². The number of nitrogens with one attached hydrogen (secondary N) is 2. The van der Waals surface area contributed by atoms with Crippen LogP contribution >= 0.6 is 0 Å². The lowest BCUT2D eigenvalue weighted by molar-refractivity contribution is 0.364. The zero-order valence-corrected chi connectivity index (χ0v) is 10.6. The van der Waals surface area contributed by atoms with Crippen molar-refractivity contribution < 1.29 is 0 Å². The maximum Gasteiger partial charge on any atom is 0.222 e. The van der Waals surface area contributed by atoms with E-state index in [4.69, 9.17) is 0 Å². The van der Waals surface area contributed by atoms with Gasteiger partial charge < -0.3 is 10.6 Å². The summed E-state index contributed by atoms with van der Waals surface area (Å²) in [5, 5.41) is 6.73. The quantitative estimate of drug-likeness (QED) is 0.816. The second-order valence-electron chi connectivity index (χ2n) is 4.70. The van der Waals surface area contributed by atoms with Crippen molar-refractivity contribution in [3.05, 3.63) is 18.0 Å². The van der Waals surface area contributed by atoms with Crippen molar-refractivity contribution in [2.75, 3.05) is 25.0 Å². The van der Waals surface area contributed by atoms with E-state index in [0.29, 0.717) is 0 Å². The smallest absolute Gasteiger partial charge is 0.222 e. The fraction of sp³-hybridized carbons (Fsp3) is 0.692. The average molecular weight is 234 g/mol. The molecule has 4 nitrogen and oxygen atoms in total. The van der Waals surface area contributed by atoms with Crippen LogP contribution in [0.1, 0.15) is 31.7 Å². The molecular weight excluding hydrogens is 212 g/mol.